The molecule has 0 spiro atoms. The topological polar surface area (TPSA) is 59.8 Å². The summed E-state index contributed by atoms with van der Waals surface area (Å²) in [6.45, 7) is 6.65. The van der Waals surface area contributed by atoms with Crippen molar-refractivity contribution < 1.29 is 4.79 Å². The molecule has 1 rings (SSSR count). The van der Waals surface area contributed by atoms with Crippen LogP contribution in [-0.2, 0) is 17.9 Å². The van der Waals surface area contributed by atoms with E-state index >= 15 is 0 Å². The molecule has 0 saturated carbocycles. The van der Waals surface area contributed by atoms with Crippen LogP contribution in [0.4, 0.5) is 0 Å². The molecule has 1 aromatic rings. The van der Waals surface area contributed by atoms with E-state index in [1.54, 1.807) is 4.68 Å². The van der Waals surface area contributed by atoms with Gasteiger partial charge in [-0.15, -0.1) is 5.10 Å². The van der Waals surface area contributed by atoms with Crippen molar-refractivity contribution in [3.8, 4) is 0 Å². The number of aryl methyl sites for hydroxylation is 2. The van der Waals surface area contributed by atoms with E-state index in [0.717, 1.165) is 17.9 Å². The number of amides is 1. The molecule has 1 aromatic heterocycles. The zero-order valence-electron chi connectivity index (χ0n) is 8.16. The predicted octanol–water partition coefficient (Wildman–Crippen LogP) is 0.243. The molecule has 0 aromatic carbocycles. The fraction of sp³-hybridized carbons (Fsp3) is 0.625. The molecule has 5 nitrogen and oxygen atoms in total. The standard InChI is InChI=1S/C8H14N4O/c1-4-12-8(5-9-7(3)13)6(2)10-11-12/h4-5H2,1-3H3,(H,9,13). The lowest BCUT2D eigenvalue weighted by Gasteiger charge is -2.04. The fourth-order valence-corrected chi connectivity index (χ4v) is 1.10. The minimum Gasteiger partial charge on any atom is -0.351 e. The summed E-state index contributed by atoms with van der Waals surface area (Å²) in [7, 11) is 0. The maximum atomic E-state index is 10.7. The first-order chi connectivity index (χ1) is 6.15. The summed E-state index contributed by atoms with van der Waals surface area (Å²) in [5.74, 6) is -0.0387. The molecule has 5 heteroatoms. The minimum absolute atomic E-state index is 0.0387. The zero-order chi connectivity index (χ0) is 9.84. The highest BCUT2D eigenvalue weighted by molar-refractivity contribution is 5.72. The molecular weight excluding hydrogens is 168 g/mol. The second kappa shape index (κ2) is 4.02. The van der Waals surface area contributed by atoms with Crippen molar-refractivity contribution in [2.75, 3.05) is 0 Å². The van der Waals surface area contributed by atoms with Crippen LogP contribution in [-0.4, -0.2) is 20.9 Å². The SMILES string of the molecule is CCn1nnc(C)c1CNC(C)=O. The molecule has 13 heavy (non-hydrogen) atoms. The maximum absolute atomic E-state index is 10.7. The van der Waals surface area contributed by atoms with Crippen molar-refractivity contribution in [3.05, 3.63) is 11.4 Å². The lowest BCUT2D eigenvalue weighted by Crippen LogP contribution is -2.21. The van der Waals surface area contributed by atoms with Gasteiger partial charge < -0.3 is 5.32 Å². The van der Waals surface area contributed by atoms with Crippen molar-refractivity contribution >= 4 is 5.91 Å². The molecule has 0 aliphatic carbocycles. The Morgan fingerprint density at radius 2 is 2.31 bits per heavy atom. The molecule has 0 unspecified atom stereocenters. The van der Waals surface area contributed by atoms with Gasteiger partial charge in [-0.2, -0.15) is 0 Å². The molecule has 0 atom stereocenters. The van der Waals surface area contributed by atoms with Gasteiger partial charge in [0.05, 0.1) is 17.9 Å². The van der Waals surface area contributed by atoms with Crippen LogP contribution in [0.5, 0.6) is 0 Å². The van der Waals surface area contributed by atoms with E-state index in [4.69, 9.17) is 0 Å². The van der Waals surface area contributed by atoms with Crippen LogP contribution in [0.15, 0.2) is 0 Å². The monoisotopic (exact) mass is 182 g/mol. The molecule has 72 valence electrons. The van der Waals surface area contributed by atoms with Crippen molar-refractivity contribution in [1.29, 1.82) is 0 Å². The summed E-state index contributed by atoms with van der Waals surface area (Å²) in [5.41, 5.74) is 1.84. The minimum atomic E-state index is -0.0387. The predicted molar refractivity (Wildman–Crippen MR) is 48.0 cm³/mol. The Hall–Kier alpha value is -1.39. The summed E-state index contributed by atoms with van der Waals surface area (Å²) >= 11 is 0. The number of nitrogens with zero attached hydrogens (tertiary/aromatic N) is 3. The van der Waals surface area contributed by atoms with Crippen molar-refractivity contribution in [1.82, 2.24) is 20.3 Å². The maximum Gasteiger partial charge on any atom is 0.217 e. The number of hydrogen-bond donors (Lipinski definition) is 1. The number of hydrogen-bond acceptors (Lipinski definition) is 3. The molecule has 0 bridgehead atoms. The first-order valence-corrected chi connectivity index (χ1v) is 4.28. The quantitative estimate of drug-likeness (QED) is 0.728. The van der Waals surface area contributed by atoms with Crippen LogP contribution in [0.1, 0.15) is 25.2 Å². The van der Waals surface area contributed by atoms with Crippen LogP contribution < -0.4 is 5.32 Å². The van der Waals surface area contributed by atoms with E-state index in [2.05, 4.69) is 15.6 Å². The Labute approximate surface area is 77.1 Å². The summed E-state index contributed by atoms with van der Waals surface area (Å²) in [6.07, 6.45) is 0. The molecule has 0 aliphatic heterocycles. The molecule has 0 saturated heterocycles. The second-order valence-corrected chi connectivity index (χ2v) is 2.85. The molecule has 0 aliphatic rings. The zero-order valence-corrected chi connectivity index (χ0v) is 8.16. The van der Waals surface area contributed by atoms with Crippen molar-refractivity contribution in [3.63, 3.8) is 0 Å². The Kier molecular flexibility index (Phi) is 3.00. The average molecular weight is 182 g/mol. The number of aromatic nitrogens is 3. The highest BCUT2D eigenvalue weighted by Crippen LogP contribution is 2.02. The summed E-state index contributed by atoms with van der Waals surface area (Å²) < 4.78 is 1.78. The van der Waals surface area contributed by atoms with Crippen molar-refractivity contribution in [2.45, 2.75) is 33.9 Å². The number of rotatable bonds is 3. The van der Waals surface area contributed by atoms with Crippen LogP contribution >= 0.6 is 0 Å². The highest BCUT2D eigenvalue weighted by atomic mass is 16.1. The van der Waals surface area contributed by atoms with Gasteiger partial charge in [-0.05, 0) is 13.8 Å². The summed E-state index contributed by atoms with van der Waals surface area (Å²) in [4.78, 5) is 10.7. The van der Waals surface area contributed by atoms with Crippen molar-refractivity contribution in [2.24, 2.45) is 0 Å². The van der Waals surface area contributed by atoms with Gasteiger partial charge in [0.25, 0.3) is 0 Å². The Morgan fingerprint density at radius 3 is 2.85 bits per heavy atom. The van der Waals surface area contributed by atoms with Crippen LogP contribution in [0.25, 0.3) is 0 Å². The van der Waals surface area contributed by atoms with E-state index < -0.39 is 0 Å². The molecule has 1 heterocycles. The summed E-state index contributed by atoms with van der Waals surface area (Å²) in [6, 6.07) is 0. The molecule has 1 N–H and O–H groups in total. The van der Waals surface area contributed by atoms with Gasteiger partial charge >= 0.3 is 0 Å². The number of carbonyl (C=O) groups excluding carboxylic acids is 1. The Bertz CT molecular complexity index is 305. The highest BCUT2D eigenvalue weighted by Gasteiger charge is 2.07. The van der Waals surface area contributed by atoms with Gasteiger partial charge in [0.1, 0.15) is 0 Å². The van der Waals surface area contributed by atoms with Gasteiger partial charge in [0.15, 0.2) is 0 Å². The third-order valence-electron chi connectivity index (χ3n) is 1.84. The molecule has 1 amide bonds. The van der Waals surface area contributed by atoms with E-state index in [-0.39, 0.29) is 5.91 Å². The van der Waals surface area contributed by atoms with Crippen LogP contribution in [0, 0.1) is 6.92 Å². The first-order valence-electron chi connectivity index (χ1n) is 4.28. The Balaban J connectivity index is 2.73. The smallest absolute Gasteiger partial charge is 0.217 e. The fourth-order valence-electron chi connectivity index (χ4n) is 1.10. The largest absolute Gasteiger partial charge is 0.351 e. The average Bonchev–Trinajstić information content (AvgIpc) is 2.43. The van der Waals surface area contributed by atoms with Gasteiger partial charge in [-0.3, -0.25) is 4.79 Å². The van der Waals surface area contributed by atoms with E-state index in [9.17, 15) is 4.79 Å². The van der Waals surface area contributed by atoms with Gasteiger partial charge in [0.2, 0.25) is 5.91 Å². The van der Waals surface area contributed by atoms with E-state index in [1.807, 2.05) is 13.8 Å². The second-order valence-electron chi connectivity index (χ2n) is 2.85. The van der Waals surface area contributed by atoms with Gasteiger partial charge in [-0.25, -0.2) is 4.68 Å². The van der Waals surface area contributed by atoms with Gasteiger partial charge in [0, 0.05) is 13.5 Å². The first kappa shape index (κ1) is 9.70. The molecular formula is C8H14N4O. The molecule has 0 fully saturated rings. The molecule has 0 radical (unpaired) electrons. The number of carbonyl (C=O) groups is 1. The normalized spacial score (nSPS) is 10.1. The lowest BCUT2D eigenvalue weighted by molar-refractivity contribution is -0.119. The van der Waals surface area contributed by atoms with E-state index in [1.165, 1.54) is 6.92 Å². The summed E-state index contributed by atoms with van der Waals surface area (Å²) in [5, 5.41) is 10.6. The van der Waals surface area contributed by atoms with Gasteiger partial charge in [-0.1, -0.05) is 5.21 Å². The third-order valence-corrected chi connectivity index (χ3v) is 1.84. The third kappa shape index (κ3) is 2.27. The lowest BCUT2D eigenvalue weighted by atomic mass is 10.3. The van der Waals surface area contributed by atoms with Crippen LogP contribution in [0.2, 0.25) is 0 Å². The van der Waals surface area contributed by atoms with E-state index in [0.29, 0.717) is 6.54 Å². The number of nitrogens with one attached hydrogen (secondary N) is 1. The Morgan fingerprint density at radius 1 is 1.62 bits per heavy atom. The van der Waals surface area contributed by atoms with Crippen LogP contribution in [0.3, 0.4) is 0 Å².